The third-order valence-electron chi connectivity index (χ3n) is 4.83. The van der Waals surface area contributed by atoms with Crippen LogP contribution in [0.1, 0.15) is 17.5 Å². The molecular weight excluding hydrogens is 405 g/mol. The van der Waals surface area contributed by atoms with Crippen LogP contribution < -0.4 is 16.0 Å². The van der Waals surface area contributed by atoms with Gasteiger partial charge < -0.3 is 20.9 Å². The lowest BCUT2D eigenvalue weighted by Gasteiger charge is -2.12. The Labute approximate surface area is 179 Å². The maximum absolute atomic E-state index is 13.3. The first-order valence-electron chi connectivity index (χ1n) is 9.73. The first-order chi connectivity index (χ1) is 14.5. The van der Waals surface area contributed by atoms with Gasteiger partial charge in [-0.1, -0.05) is 17.7 Å². The number of anilines is 1. The van der Waals surface area contributed by atoms with Crippen molar-refractivity contribution < 1.29 is 9.18 Å². The lowest BCUT2D eigenvalue weighted by Crippen LogP contribution is -2.39. The molecule has 0 fully saturated rings. The zero-order chi connectivity index (χ0) is 21.5. The van der Waals surface area contributed by atoms with E-state index >= 15 is 0 Å². The predicted octanol–water partition coefficient (Wildman–Crippen LogP) is 4.01. The number of hydrogen-bond donors (Lipinski definition) is 4. The van der Waals surface area contributed by atoms with Gasteiger partial charge in [0.25, 0.3) is 0 Å². The molecule has 1 aromatic heterocycles. The molecule has 0 aliphatic carbocycles. The second kappa shape index (κ2) is 10.1. The summed E-state index contributed by atoms with van der Waals surface area (Å²) in [5.41, 5.74) is 3.45. The number of halogens is 2. The number of carbonyl (C=O) groups excluding carboxylic acids is 1. The van der Waals surface area contributed by atoms with Crippen LogP contribution in [0.4, 0.5) is 10.1 Å². The van der Waals surface area contributed by atoms with Crippen LogP contribution in [-0.2, 0) is 11.2 Å². The summed E-state index contributed by atoms with van der Waals surface area (Å²) in [7, 11) is 1.68. The Kier molecular flexibility index (Phi) is 7.30. The highest BCUT2D eigenvalue weighted by Gasteiger charge is 2.08. The number of fused-ring (bicyclic) bond motifs is 1. The van der Waals surface area contributed by atoms with E-state index in [2.05, 4.69) is 25.9 Å². The molecule has 0 atom stereocenters. The van der Waals surface area contributed by atoms with Crippen LogP contribution in [0.5, 0.6) is 0 Å². The molecule has 1 amide bonds. The lowest BCUT2D eigenvalue weighted by atomic mass is 10.1. The van der Waals surface area contributed by atoms with E-state index in [1.807, 2.05) is 19.2 Å². The topological polar surface area (TPSA) is 81.3 Å². The number of aromatic amines is 1. The number of nitrogens with one attached hydrogen (secondary N) is 4. The van der Waals surface area contributed by atoms with Crippen molar-refractivity contribution in [3.8, 4) is 0 Å². The van der Waals surface area contributed by atoms with Crippen molar-refractivity contribution in [3.63, 3.8) is 0 Å². The maximum Gasteiger partial charge on any atom is 0.226 e. The zero-order valence-corrected chi connectivity index (χ0v) is 17.7. The van der Waals surface area contributed by atoms with E-state index in [1.165, 1.54) is 12.1 Å². The van der Waals surface area contributed by atoms with Crippen LogP contribution in [0.3, 0.4) is 0 Å². The molecule has 30 heavy (non-hydrogen) atoms. The normalized spacial score (nSPS) is 11.5. The predicted molar refractivity (Wildman–Crippen MR) is 121 cm³/mol. The van der Waals surface area contributed by atoms with Gasteiger partial charge in [-0.3, -0.25) is 9.79 Å². The number of aliphatic imine (C=N–C) groups is 1. The van der Waals surface area contributed by atoms with Gasteiger partial charge in [0, 0.05) is 54.4 Å². The molecule has 3 aromatic rings. The van der Waals surface area contributed by atoms with Gasteiger partial charge in [0.05, 0.1) is 0 Å². The minimum Gasteiger partial charge on any atom is -0.361 e. The van der Waals surface area contributed by atoms with Gasteiger partial charge in [-0.05, 0) is 54.8 Å². The van der Waals surface area contributed by atoms with Gasteiger partial charge in [0.15, 0.2) is 5.96 Å². The van der Waals surface area contributed by atoms with E-state index in [9.17, 15) is 9.18 Å². The number of nitrogens with zero attached hydrogens (tertiary/aromatic N) is 1. The fourth-order valence-corrected chi connectivity index (χ4v) is 3.33. The number of amides is 1. The summed E-state index contributed by atoms with van der Waals surface area (Å²) in [5, 5.41) is 10.9. The van der Waals surface area contributed by atoms with Crippen LogP contribution in [0.15, 0.2) is 47.6 Å². The highest BCUT2D eigenvalue weighted by molar-refractivity contribution is 6.31. The van der Waals surface area contributed by atoms with E-state index in [0.717, 1.165) is 28.5 Å². The van der Waals surface area contributed by atoms with Crippen molar-refractivity contribution in [1.29, 1.82) is 0 Å². The summed E-state index contributed by atoms with van der Waals surface area (Å²) in [6.07, 6.45) is 2.94. The van der Waals surface area contributed by atoms with Crippen LogP contribution in [-0.4, -0.2) is 37.0 Å². The quantitative estimate of drug-likeness (QED) is 0.338. The smallest absolute Gasteiger partial charge is 0.226 e. The summed E-state index contributed by atoms with van der Waals surface area (Å²) in [6, 6.07) is 10.2. The van der Waals surface area contributed by atoms with E-state index < -0.39 is 0 Å². The molecule has 0 aliphatic heterocycles. The van der Waals surface area contributed by atoms with Crippen molar-refractivity contribution in [2.24, 2.45) is 4.99 Å². The van der Waals surface area contributed by atoms with E-state index in [1.54, 1.807) is 25.2 Å². The second-order valence-corrected chi connectivity index (χ2v) is 7.30. The van der Waals surface area contributed by atoms with Gasteiger partial charge in [0.1, 0.15) is 5.82 Å². The van der Waals surface area contributed by atoms with Crippen LogP contribution in [0, 0.1) is 12.7 Å². The van der Waals surface area contributed by atoms with Gasteiger partial charge in [-0.15, -0.1) is 0 Å². The summed E-state index contributed by atoms with van der Waals surface area (Å²) < 4.78 is 13.3. The molecule has 1 heterocycles. The van der Waals surface area contributed by atoms with Gasteiger partial charge in [0.2, 0.25) is 5.91 Å². The minimum atomic E-state index is -0.256. The lowest BCUT2D eigenvalue weighted by molar-refractivity contribution is -0.116. The van der Waals surface area contributed by atoms with Crippen molar-refractivity contribution >= 4 is 40.1 Å². The summed E-state index contributed by atoms with van der Waals surface area (Å²) in [5.74, 6) is 0.259. The van der Waals surface area contributed by atoms with Crippen molar-refractivity contribution in [1.82, 2.24) is 15.6 Å². The van der Waals surface area contributed by atoms with E-state index in [4.69, 9.17) is 11.6 Å². The van der Waals surface area contributed by atoms with Gasteiger partial charge in [-0.2, -0.15) is 0 Å². The molecule has 0 bridgehead atoms. The number of rotatable bonds is 7. The number of benzene rings is 2. The highest BCUT2D eigenvalue weighted by Crippen LogP contribution is 2.23. The van der Waals surface area contributed by atoms with Crippen molar-refractivity contribution in [2.45, 2.75) is 19.8 Å². The summed E-state index contributed by atoms with van der Waals surface area (Å²) in [4.78, 5) is 19.4. The molecule has 6 nitrogen and oxygen atoms in total. The Hall–Kier alpha value is -3.06. The molecule has 158 valence electrons. The second-order valence-electron chi connectivity index (χ2n) is 6.89. The molecule has 0 saturated heterocycles. The summed E-state index contributed by atoms with van der Waals surface area (Å²) >= 11 is 6.08. The molecule has 3 rings (SSSR count). The fraction of sp³-hybridized carbons (Fsp3) is 0.273. The van der Waals surface area contributed by atoms with Crippen LogP contribution in [0.2, 0.25) is 5.02 Å². The highest BCUT2D eigenvalue weighted by atomic mass is 35.5. The number of carbonyl (C=O) groups is 1. The molecule has 2 aromatic carbocycles. The Balaban J connectivity index is 1.42. The third kappa shape index (κ3) is 5.51. The van der Waals surface area contributed by atoms with Crippen LogP contribution in [0.25, 0.3) is 10.9 Å². The standard InChI is InChI=1S/C22H25ClFN5O/c1-14-18(23)4-3-5-19(14)29-21(30)9-11-27-22(25-2)26-10-8-15-13-28-20-12-16(24)6-7-17(15)20/h3-7,12-13,28H,8-11H2,1-2H3,(H,29,30)(H2,25,26,27). The largest absolute Gasteiger partial charge is 0.361 e. The Bertz CT molecular complexity index is 1060. The first kappa shape index (κ1) is 21.6. The average molecular weight is 430 g/mol. The molecule has 4 N–H and O–H groups in total. The molecule has 0 saturated carbocycles. The Morgan fingerprint density at radius 2 is 2.00 bits per heavy atom. The van der Waals surface area contributed by atoms with Crippen LogP contribution >= 0.6 is 11.6 Å². The SMILES string of the molecule is CN=C(NCCC(=O)Nc1cccc(Cl)c1C)NCCc1c[nH]c2cc(F)ccc12. The molecule has 0 unspecified atom stereocenters. The molecule has 0 aliphatic rings. The molecular formula is C22H25ClFN5O. The monoisotopic (exact) mass is 429 g/mol. The number of guanidine groups is 1. The van der Waals surface area contributed by atoms with E-state index in [-0.39, 0.29) is 11.7 Å². The Morgan fingerprint density at radius 1 is 1.20 bits per heavy atom. The first-order valence-corrected chi connectivity index (χ1v) is 10.1. The van der Waals surface area contributed by atoms with Gasteiger partial charge in [-0.25, -0.2) is 4.39 Å². The van der Waals surface area contributed by atoms with Crippen molar-refractivity contribution in [2.75, 3.05) is 25.5 Å². The zero-order valence-electron chi connectivity index (χ0n) is 17.0. The summed E-state index contributed by atoms with van der Waals surface area (Å²) in [6.45, 7) is 2.96. The van der Waals surface area contributed by atoms with E-state index in [0.29, 0.717) is 36.2 Å². The molecule has 0 spiro atoms. The Morgan fingerprint density at radius 3 is 2.80 bits per heavy atom. The average Bonchev–Trinajstić information content (AvgIpc) is 3.12. The number of hydrogen-bond acceptors (Lipinski definition) is 2. The van der Waals surface area contributed by atoms with Gasteiger partial charge >= 0.3 is 0 Å². The molecule has 0 radical (unpaired) electrons. The molecule has 8 heteroatoms. The fourth-order valence-electron chi connectivity index (χ4n) is 3.15. The maximum atomic E-state index is 13.3. The number of H-pyrrole nitrogens is 1. The number of aromatic nitrogens is 1. The van der Waals surface area contributed by atoms with Crippen molar-refractivity contribution in [3.05, 3.63) is 64.6 Å². The minimum absolute atomic E-state index is 0.102. The third-order valence-corrected chi connectivity index (χ3v) is 5.24.